The monoisotopic (exact) mass is 427 g/mol. The molecular formula is C22H31F2NO5. The smallest absolute Gasteiger partial charge is 0.387 e. The van der Waals surface area contributed by atoms with E-state index in [4.69, 9.17) is 14.2 Å². The van der Waals surface area contributed by atoms with Crippen molar-refractivity contribution in [2.75, 3.05) is 26.9 Å². The Bertz CT molecular complexity index is 692. The van der Waals surface area contributed by atoms with Crippen molar-refractivity contribution >= 4 is 5.91 Å². The average molecular weight is 427 g/mol. The number of hydrogen-bond acceptors (Lipinski definition) is 5. The van der Waals surface area contributed by atoms with Gasteiger partial charge in [-0.3, -0.25) is 4.79 Å². The van der Waals surface area contributed by atoms with E-state index >= 15 is 0 Å². The molecule has 2 atom stereocenters. The molecule has 1 aromatic carbocycles. The number of amides is 1. The third-order valence-corrected chi connectivity index (χ3v) is 5.48. The zero-order chi connectivity index (χ0) is 21.5. The molecule has 0 bridgehead atoms. The summed E-state index contributed by atoms with van der Waals surface area (Å²) in [5.41, 5.74) is 0.814. The van der Waals surface area contributed by atoms with Gasteiger partial charge in [0.25, 0.3) is 5.91 Å². The molecule has 3 rings (SSSR count). The van der Waals surface area contributed by atoms with Gasteiger partial charge in [-0.2, -0.15) is 8.78 Å². The van der Waals surface area contributed by atoms with E-state index in [1.807, 2.05) is 11.8 Å². The fraction of sp³-hybridized carbons (Fsp3) is 0.682. The normalized spacial score (nSPS) is 20.1. The minimum Gasteiger partial charge on any atom is -0.490 e. The fourth-order valence-electron chi connectivity index (χ4n) is 3.78. The van der Waals surface area contributed by atoms with Crippen molar-refractivity contribution in [1.82, 2.24) is 4.90 Å². The summed E-state index contributed by atoms with van der Waals surface area (Å²) in [6, 6.07) is 4.86. The number of methoxy groups -OCH3 is 1. The first-order valence-corrected chi connectivity index (χ1v) is 10.7. The highest BCUT2D eigenvalue weighted by Crippen LogP contribution is 2.39. The van der Waals surface area contributed by atoms with Gasteiger partial charge in [0.2, 0.25) is 0 Å². The van der Waals surface area contributed by atoms with Crippen LogP contribution in [0, 0.1) is 0 Å². The highest BCUT2D eigenvalue weighted by atomic mass is 19.3. The van der Waals surface area contributed by atoms with Crippen LogP contribution in [0.3, 0.4) is 0 Å². The van der Waals surface area contributed by atoms with Gasteiger partial charge in [0.15, 0.2) is 11.5 Å². The zero-order valence-corrected chi connectivity index (χ0v) is 17.6. The van der Waals surface area contributed by atoms with Crippen molar-refractivity contribution in [2.24, 2.45) is 0 Å². The van der Waals surface area contributed by atoms with Crippen molar-refractivity contribution in [3.8, 4) is 11.5 Å². The third-order valence-electron chi connectivity index (χ3n) is 5.48. The van der Waals surface area contributed by atoms with Gasteiger partial charge >= 0.3 is 6.61 Å². The van der Waals surface area contributed by atoms with E-state index in [1.165, 1.54) is 6.07 Å². The van der Waals surface area contributed by atoms with E-state index in [9.17, 15) is 13.6 Å². The second kappa shape index (κ2) is 10.9. The van der Waals surface area contributed by atoms with Gasteiger partial charge in [-0.1, -0.05) is 6.07 Å². The Hall–Kier alpha value is -1.93. The number of carbonyl (C=O) groups excluding carboxylic acids is 1. The number of rotatable bonds is 11. The average Bonchev–Trinajstić information content (AvgIpc) is 3.57. The summed E-state index contributed by atoms with van der Waals surface area (Å²) in [4.78, 5) is 15.1. The molecule has 30 heavy (non-hydrogen) atoms. The predicted octanol–water partition coefficient (Wildman–Crippen LogP) is 4.32. The van der Waals surface area contributed by atoms with E-state index < -0.39 is 12.7 Å². The SMILES string of the molecule is COCCCOc1cc([C@@H](C)N(C(=O)[C@H]2CCCCO2)C2CC2)ccc1OC(F)F. The maximum absolute atomic E-state index is 13.2. The summed E-state index contributed by atoms with van der Waals surface area (Å²) in [6.07, 6.45) is 4.87. The fourth-order valence-corrected chi connectivity index (χ4v) is 3.78. The minimum absolute atomic E-state index is 0.0140. The van der Waals surface area contributed by atoms with Crippen LogP contribution in [0.2, 0.25) is 0 Å². The molecule has 8 heteroatoms. The Morgan fingerprint density at radius 2 is 2.00 bits per heavy atom. The molecule has 1 aromatic rings. The predicted molar refractivity (Wildman–Crippen MR) is 107 cm³/mol. The molecule has 1 saturated carbocycles. The molecule has 1 aliphatic heterocycles. The highest BCUT2D eigenvalue weighted by Gasteiger charge is 2.40. The molecule has 0 unspecified atom stereocenters. The molecule has 0 N–H and O–H groups in total. The Morgan fingerprint density at radius 3 is 2.63 bits per heavy atom. The Kier molecular flexibility index (Phi) is 8.27. The van der Waals surface area contributed by atoms with Gasteiger partial charge in [-0.25, -0.2) is 0 Å². The Labute approximate surface area is 176 Å². The number of carbonyl (C=O) groups is 1. The summed E-state index contributed by atoms with van der Waals surface area (Å²) < 4.78 is 46.6. The molecule has 0 spiro atoms. The molecule has 2 fully saturated rings. The zero-order valence-electron chi connectivity index (χ0n) is 17.6. The highest BCUT2D eigenvalue weighted by molar-refractivity contribution is 5.82. The van der Waals surface area contributed by atoms with E-state index in [2.05, 4.69) is 4.74 Å². The first-order valence-electron chi connectivity index (χ1n) is 10.7. The van der Waals surface area contributed by atoms with Crippen LogP contribution in [0.1, 0.15) is 57.1 Å². The summed E-state index contributed by atoms with van der Waals surface area (Å²) in [7, 11) is 1.59. The number of hydrogen-bond donors (Lipinski definition) is 0. The maximum atomic E-state index is 13.2. The van der Waals surface area contributed by atoms with E-state index in [-0.39, 0.29) is 29.5 Å². The standard InChI is InChI=1S/C22H31F2NO5/c1-15(25(17-8-9-17)21(26)19-6-3-4-12-28-19)16-7-10-18(30-22(23)24)20(14-16)29-13-5-11-27-2/h7,10,14-15,17,19,22H,3-6,8-9,11-13H2,1-2H3/t15-,19-/m1/s1. The lowest BCUT2D eigenvalue weighted by Gasteiger charge is -2.34. The molecule has 0 aromatic heterocycles. The molecule has 1 aliphatic carbocycles. The second-order valence-electron chi connectivity index (χ2n) is 7.79. The maximum Gasteiger partial charge on any atom is 0.387 e. The van der Waals surface area contributed by atoms with Crippen molar-refractivity contribution < 1.29 is 32.5 Å². The molecule has 6 nitrogen and oxygen atoms in total. The van der Waals surface area contributed by atoms with E-state index in [1.54, 1.807) is 19.2 Å². The summed E-state index contributed by atoms with van der Waals surface area (Å²) >= 11 is 0. The van der Waals surface area contributed by atoms with Gasteiger partial charge in [0, 0.05) is 32.8 Å². The number of halogens is 2. The number of alkyl halides is 2. The lowest BCUT2D eigenvalue weighted by molar-refractivity contribution is -0.149. The first-order chi connectivity index (χ1) is 14.5. The molecular weight excluding hydrogens is 396 g/mol. The van der Waals surface area contributed by atoms with Crippen LogP contribution in [0.4, 0.5) is 8.78 Å². The quantitative estimate of drug-likeness (QED) is 0.492. The van der Waals surface area contributed by atoms with Crippen molar-refractivity contribution in [3.05, 3.63) is 23.8 Å². The van der Waals surface area contributed by atoms with E-state index in [0.29, 0.717) is 26.2 Å². The van der Waals surface area contributed by atoms with Gasteiger partial charge in [-0.15, -0.1) is 0 Å². The number of nitrogens with zero attached hydrogens (tertiary/aromatic N) is 1. The molecule has 168 valence electrons. The van der Waals surface area contributed by atoms with Crippen LogP contribution in [-0.2, 0) is 14.3 Å². The van der Waals surface area contributed by atoms with E-state index in [0.717, 1.165) is 37.7 Å². The van der Waals surface area contributed by atoms with Crippen molar-refractivity contribution in [1.29, 1.82) is 0 Å². The van der Waals surface area contributed by atoms with Gasteiger partial charge in [0.05, 0.1) is 12.6 Å². The van der Waals surface area contributed by atoms with Crippen LogP contribution < -0.4 is 9.47 Å². The molecule has 0 radical (unpaired) electrons. The Morgan fingerprint density at radius 1 is 1.20 bits per heavy atom. The van der Waals surface area contributed by atoms with Crippen LogP contribution in [0.25, 0.3) is 0 Å². The Balaban J connectivity index is 1.78. The lowest BCUT2D eigenvalue weighted by Crippen LogP contribution is -2.44. The van der Waals surface area contributed by atoms with Crippen LogP contribution >= 0.6 is 0 Å². The number of benzene rings is 1. The molecule has 1 amide bonds. The molecule has 1 heterocycles. The molecule has 1 saturated heterocycles. The van der Waals surface area contributed by atoms with Crippen LogP contribution in [0.5, 0.6) is 11.5 Å². The van der Waals surface area contributed by atoms with Crippen molar-refractivity contribution in [3.63, 3.8) is 0 Å². The second-order valence-corrected chi connectivity index (χ2v) is 7.79. The minimum atomic E-state index is -2.94. The van der Waals surface area contributed by atoms with Crippen LogP contribution in [0.15, 0.2) is 18.2 Å². The summed E-state index contributed by atoms with van der Waals surface area (Å²) in [6.45, 7) is 0.445. The van der Waals surface area contributed by atoms with Gasteiger partial charge in [-0.05, 0) is 56.7 Å². The third kappa shape index (κ3) is 6.04. The topological polar surface area (TPSA) is 57.2 Å². The summed E-state index contributed by atoms with van der Waals surface area (Å²) in [5.74, 6) is 0.242. The molecule has 2 aliphatic rings. The van der Waals surface area contributed by atoms with Crippen LogP contribution in [-0.4, -0.2) is 56.5 Å². The largest absolute Gasteiger partial charge is 0.490 e. The number of ether oxygens (including phenoxy) is 4. The van der Waals surface area contributed by atoms with Gasteiger partial charge in [0.1, 0.15) is 6.10 Å². The van der Waals surface area contributed by atoms with Gasteiger partial charge < -0.3 is 23.8 Å². The van der Waals surface area contributed by atoms with Crippen molar-refractivity contribution in [2.45, 2.75) is 70.2 Å². The lowest BCUT2D eigenvalue weighted by atomic mass is 10.0. The summed E-state index contributed by atoms with van der Waals surface area (Å²) in [5, 5.41) is 0. The first kappa shape index (κ1) is 22.7.